The number of hydrogen-bond donors (Lipinski definition) is 3. The number of amides is 2. The maximum Gasteiger partial charge on any atom is 0.413 e. The van der Waals surface area contributed by atoms with Crippen molar-refractivity contribution in [2.24, 2.45) is 7.05 Å². The highest BCUT2D eigenvalue weighted by Gasteiger charge is 2.20. The molecule has 232 valence electrons. The standard InChI is InChI=1S/C30H35ClN8O5/c1-30(2,3)44-29(41)37-25-9-7-8-19(35-25)16-43-11-10-18-12-20(27-34-17-39(5)38-27)26(42-6)23(13-18)36-22-14-24(31)33-15-21(22)28(40)32-4/h7-9,12-15,17H,10-11,16H2,1-6H3,(H,32,40)(H,33,36)(H,35,37,41)/i4D3. The Morgan fingerprint density at radius 3 is 2.66 bits per heavy atom. The number of ether oxygens (including phenoxy) is 3. The number of benzene rings is 1. The number of aryl methyl sites for hydroxylation is 1. The van der Waals surface area contributed by atoms with E-state index in [0.29, 0.717) is 47.4 Å². The fourth-order valence-electron chi connectivity index (χ4n) is 4.11. The van der Waals surface area contributed by atoms with Gasteiger partial charge >= 0.3 is 6.09 Å². The zero-order chi connectivity index (χ0) is 34.4. The number of carbonyl (C=O) groups excluding carboxylic acids is 2. The van der Waals surface area contributed by atoms with Crippen molar-refractivity contribution in [3.8, 4) is 17.1 Å². The van der Waals surface area contributed by atoms with Crippen LogP contribution < -0.4 is 20.7 Å². The van der Waals surface area contributed by atoms with Gasteiger partial charge in [0.1, 0.15) is 22.9 Å². The highest BCUT2D eigenvalue weighted by molar-refractivity contribution is 6.29. The first-order chi connectivity index (χ1) is 22.1. The van der Waals surface area contributed by atoms with Crippen molar-refractivity contribution in [1.29, 1.82) is 0 Å². The number of pyridine rings is 2. The van der Waals surface area contributed by atoms with Crippen LogP contribution in [0.4, 0.5) is 22.0 Å². The monoisotopic (exact) mass is 625 g/mol. The maximum absolute atomic E-state index is 12.8. The minimum absolute atomic E-state index is 0.0466. The summed E-state index contributed by atoms with van der Waals surface area (Å²) in [7, 11) is 3.22. The van der Waals surface area contributed by atoms with Crippen molar-refractivity contribution >= 4 is 40.8 Å². The number of nitrogens with one attached hydrogen (secondary N) is 3. The molecule has 0 unspecified atom stereocenters. The van der Waals surface area contributed by atoms with Crippen LogP contribution >= 0.6 is 11.6 Å². The molecular formula is C30H35ClN8O5. The molecule has 1 aromatic carbocycles. The summed E-state index contributed by atoms with van der Waals surface area (Å²) in [6.07, 6.45) is 2.57. The second-order valence-corrected chi connectivity index (χ2v) is 10.9. The van der Waals surface area contributed by atoms with E-state index < -0.39 is 24.6 Å². The molecule has 0 fully saturated rings. The Morgan fingerprint density at radius 1 is 1.14 bits per heavy atom. The predicted octanol–water partition coefficient (Wildman–Crippen LogP) is 5.14. The topological polar surface area (TPSA) is 154 Å². The van der Waals surface area contributed by atoms with Gasteiger partial charge in [0.25, 0.3) is 5.91 Å². The van der Waals surface area contributed by atoms with E-state index in [1.807, 2.05) is 11.4 Å². The number of halogens is 1. The molecule has 3 heterocycles. The molecule has 3 aromatic heterocycles. The van der Waals surface area contributed by atoms with E-state index in [9.17, 15) is 9.59 Å². The van der Waals surface area contributed by atoms with E-state index in [2.05, 4.69) is 30.7 Å². The van der Waals surface area contributed by atoms with Crippen molar-refractivity contribution in [3.05, 3.63) is 70.9 Å². The molecule has 14 heteroatoms. The van der Waals surface area contributed by atoms with Gasteiger partial charge in [0.2, 0.25) is 0 Å². The first-order valence-corrected chi connectivity index (χ1v) is 13.8. The number of nitrogens with zero attached hydrogens (tertiary/aromatic N) is 5. The first kappa shape index (κ1) is 28.0. The van der Waals surface area contributed by atoms with Gasteiger partial charge in [0.05, 0.1) is 48.5 Å². The molecule has 0 saturated carbocycles. The van der Waals surface area contributed by atoms with E-state index in [0.717, 1.165) is 5.56 Å². The summed E-state index contributed by atoms with van der Waals surface area (Å²) in [6.45, 7) is 3.08. The SMILES string of the molecule is [2H]C([2H])([2H])NC(=O)c1cnc(Cl)cc1Nc1cc(CCOCc2cccc(NC(=O)OC(C)(C)C)n2)cc(-c2ncn(C)n2)c1OC. The van der Waals surface area contributed by atoms with Crippen LogP contribution in [0.3, 0.4) is 0 Å². The van der Waals surface area contributed by atoms with E-state index in [-0.39, 0.29) is 23.0 Å². The van der Waals surface area contributed by atoms with Crippen LogP contribution in [0.15, 0.2) is 48.9 Å². The lowest BCUT2D eigenvalue weighted by atomic mass is 10.0. The molecule has 3 N–H and O–H groups in total. The molecule has 0 radical (unpaired) electrons. The fraction of sp³-hybridized carbons (Fsp3) is 0.333. The number of aromatic nitrogens is 5. The Labute approximate surface area is 264 Å². The van der Waals surface area contributed by atoms with Gasteiger partial charge in [-0.25, -0.2) is 19.7 Å². The normalized spacial score (nSPS) is 12.5. The summed E-state index contributed by atoms with van der Waals surface area (Å²) in [5, 5.41) is 12.2. The summed E-state index contributed by atoms with van der Waals surface area (Å²) in [5.41, 5.74) is 1.91. The third-order valence-corrected chi connectivity index (χ3v) is 6.12. The molecule has 44 heavy (non-hydrogen) atoms. The summed E-state index contributed by atoms with van der Waals surface area (Å²) < 4.78 is 40.8. The maximum atomic E-state index is 12.8. The first-order valence-electron chi connectivity index (χ1n) is 15.0. The van der Waals surface area contributed by atoms with Crippen LogP contribution in [-0.2, 0) is 29.5 Å². The number of rotatable bonds is 11. The second-order valence-electron chi connectivity index (χ2n) is 10.5. The molecular weight excluding hydrogens is 588 g/mol. The molecule has 13 nitrogen and oxygen atoms in total. The summed E-state index contributed by atoms with van der Waals surface area (Å²) in [4.78, 5) is 37.7. The number of methoxy groups -OCH3 is 1. The summed E-state index contributed by atoms with van der Waals surface area (Å²) >= 11 is 6.15. The van der Waals surface area contributed by atoms with Gasteiger partial charge in [0, 0.05) is 24.3 Å². The minimum atomic E-state index is -2.71. The van der Waals surface area contributed by atoms with Gasteiger partial charge in [-0.1, -0.05) is 17.7 Å². The molecule has 0 aliphatic carbocycles. The van der Waals surface area contributed by atoms with Crippen molar-refractivity contribution < 1.29 is 27.9 Å². The average molecular weight is 626 g/mol. The lowest BCUT2D eigenvalue weighted by molar-refractivity contribution is 0.0634. The summed E-state index contributed by atoms with van der Waals surface area (Å²) in [5.74, 6) is 0.226. The van der Waals surface area contributed by atoms with E-state index in [1.54, 1.807) is 63.1 Å². The van der Waals surface area contributed by atoms with E-state index in [4.69, 9.17) is 29.9 Å². The summed E-state index contributed by atoms with van der Waals surface area (Å²) in [6, 6.07) is 10.3. The van der Waals surface area contributed by atoms with Crippen LogP contribution in [0.2, 0.25) is 5.15 Å². The second kappa shape index (κ2) is 14.1. The molecule has 0 bridgehead atoms. The lowest BCUT2D eigenvalue weighted by Gasteiger charge is -2.19. The van der Waals surface area contributed by atoms with Gasteiger partial charge in [-0.2, -0.15) is 5.10 Å². The molecule has 0 aliphatic heterocycles. The van der Waals surface area contributed by atoms with Gasteiger partial charge in [-0.05, 0) is 63.1 Å². The molecule has 4 aromatic rings. The van der Waals surface area contributed by atoms with Crippen LogP contribution in [0.1, 0.15) is 46.5 Å². The largest absolute Gasteiger partial charge is 0.494 e. The number of anilines is 3. The highest BCUT2D eigenvalue weighted by atomic mass is 35.5. The van der Waals surface area contributed by atoms with Crippen LogP contribution in [0.25, 0.3) is 11.4 Å². The third kappa shape index (κ3) is 8.64. The molecule has 0 spiro atoms. The van der Waals surface area contributed by atoms with Crippen molar-refractivity contribution in [2.75, 3.05) is 31.3 Å². The Kier molecular flexibility index (Phi) is 9.02. The number of carbonyl (C=O) groups is 2. The Morgan fingerprint density at radius 2 is 1.95 bits per heavy atom. The van der Waals surface area contributed by atoms with Crippen LogP contribution in [-0.4, -0.2) is 63.0 Å². The Bertz CT molecular complexity index is 1740. The quantitative estimate of drug-likeness (QED) is 0.151. The predicted molar refractivity (Wildman–Crippen MR) is 166 cm³/mol. The van der Waals surface area contributed by atoms with Gasteiger partial charge in [0.15, 0.2) is 11.6 Å². The third-order valence-electron chi connectivity index (χ3n) is 5.91. The van der Waals surface area contributed by atoms with Crippen LogP contribution in [0, 0.1) is 0 Å². The smallest absolute Gasteiger partial charge is 0.413 e. The zero-order valence-electron chi connectivity index (χ0n) is 27.9. The number of hydrogen-bond acceptors (Lipinski definition) is 10. The molecule has 0 saturated heterocycles. The molecule has 2 amide bonds. The van der Waals surface area contributed by atoms with E-state index in [1.165, 1.54) is 19.4 Å². The van der Waals surface area contributed by atoms with E-state index >= 15 is 0 Å². The van der Waals surface area contributed by atoms with Crippen molar-refractivity contribution in [2.45, 2.75) is 39.4 Å². The van der Waals surface area contributed by atoms with Gasteiger partial charge in [-0.15, -0.1) is 0 Å². The van der Waals surface area contributed by atoms with Crippen molar-refractivity contribution in [3.63, 3.8) is 0 Å². The van der Waals surface area contributed by atoms with Gasteiger partial charge < -0.3 is 24.8 Å². The molecule has 4 rings (SSSR count). The lowest BCUT2D eigenvalue weighted by Crippen LogP contribution is -2.27. The minimum Gasteiger partial charge on any atom is -0.494 e. The molecule has 0 aliphatic rings. The average Bonchev–Trinajstić information content (AvgIpc) is 3.39. The van der Waals surface area contributed by atoms with Gasteiger partial charge in [-0.3, -0.25) is 14.8 Å². The Balaban J connectivity index is 1.56. The highest BCUT2D eigenvalue weighted by Crippen LogP contribution is 2.39. The molecule has 0 atom stereocenters. The Hall–Kier alpha value is -4.75. The van der Waals surface area contributed by atoms with Crippen LogP contribution in [0.5, 0.6) is 5.75 Å². The van der Waals surface area contributed by atoms with Crippen molar-refractivity contribution in [1.82, 2.24) is 30.0 Å². The fourth-order valence-corrected chi connectivity index (χ4v) is 4.26. The zero-order valence-corrected chi connectivity index (χ0v) is 25.7.